The third-order valence-corrected chi connectivity index (χ3v) is 5.16. The summed E-state index contributed by atoms with van der Waals surface area (Å²) in [6, 6.07) is 0.193. The standard InChI is InChI=1S/C13H21N5OS/c1-8-2-4-17(6-8)12(19)10-11(15)16-13(20-10)18-5-3-9(14)7-18/h8-9H,2-7,14-15H2,1H3. The molecule has 20 heavy (non-hydrogen) atoms. The number of nitrogen functional groups attached to an aromatic ring is 1. The van der Waals surface area contributed by atoms with Gasteiger partial charge < -0.3 is 21.3 Å². The van der Waals surface area contributed by atoms with Gasteiger partial charge in [-0.3, -0.25) is 4.79 Å². The lowest BCUT2D eigenvalue weighted by Gasteiger charge is -2.15. The molecule has 0 spiro atoms. The molecular formula is C13H21N5OS. The van der Waals surface area contributed by atoms with Crippen LogP contribution < -0.4 is 16.4 Å². The van der Waals surface area contributed by atoms with Crippen LogP contribution >= 0.6 is 11.3 Å². The van der Waals surface area contributed by atoms with E-state index in [-0.39, 0.29) is 11.9 Å². The van der Waals surface area contributed by atoms with E-state index >= 15 is 0 Å². The Bertz CT molecular complexity index is 517. The van der Waals surface area contributed by atoms with E-state index in [1.807, 2.05) is 4.90 Å². The number of likely N-dealkylation sites (tertiary alicyclic amines) is 1. The zero-order valence-corrected chi connectivity index (χ0v) is 12.5. The molecule has 0 radical (unpaired) electrons. The van der Waals surface area contributed by atoms with Crippen molar-refractivity contribution in [2.45, 2.75) is 25.8 Å². The lowest BCUT2D eigenvalue weighted by Crippen LogP contribution is -2.28. The minimum absolute atomic E-state index is 0.0269. The number of rotatable bonds is 2. The predicted octanol–water partition coefficient (Wildman–Crippen LogP) is 0.745. The first-order chi connectivity index (χ1) is 9.54. The summed E-state index contributed by atoms with van der Waals surface area (Å²) in [5.41, 5.74) is 11.9. The number of thiazole rings is 1. The summed E-state index contributed by atoms with van der Waals surface area (Å²) in [6.45, 7) is 5.49. The zero-order valence-electron chi connectivity index (χ0n) is 11.7. The fourth-order valence-electron chi connectivity index (χ4n) is 2.83. The molecule has 1 aromatic heterocycles. The first kappa shape index (κ1) is 13.6. The van der Waals surface area contributed by atoms with Gasteiger partial charge in [0.2, 0.25) is 0 Å². The van der Waals surface area contributed by atoms with Crippen LogP contribution in [0.2, 0.25) is 0 Å². The largest absolute Gasteiger partial charge is 0.382 e. The number of hydrogen-bond donors (Lipinski definition) is 2. The van der Waals surface area contributed by atoms with E-state index in [4.69, 9.17) is 11.5 Å². The molecule has 2 aliphatic rings. The van der Waals surface area contributed by atoms with Gasteiger partial charge in [0.1, 0.15) is 10.7 Å². The smallest absolute Gasteiger partial charge is 0.267 e. The topological polar surface area (TPSA) is 88.5 Å². The van der Waals surface area contributed by atoms with Crippen LogP contribution in [0, 0.1) is 5.92 Å². The van der Waals surface area contributed by atoms with Gasteiger partial charge in [-0.2, -0.15) is 0 Å². The summed E-state index contributed by atoms with van der Waals surface area (Å²) in [5.74, 6) is 0.957. The Morgan fingerprint density at radius 3 is 2.75 bits per heavy atom. The lowest BCUT2D eigenvalue weighted by atomic mass is 10.2. The molecule has 3 rings (SSSR count). The molecule has 0 aliphatic carbocycles. The van der Waals surface area contributed by atoms with Gasteiger partial charge in [-0.05, 0) is 18.8 Å². The Balaban J connectivity index is 1.77. The van der Waals surface area contributed by atoms with Crippen molar-refractivity contribution < 1.29 is 4.79 Å². The molecule has 1 amide bonds. The quantitative estimate of drug-likeness (QED) is 0.840. The average molecular weight is 295 g/mol. The molecule has 2 unspecified atom stereocenters. The van der Waals surface area contributed by atoms with Crippen LogP contribution in [0.15, 0.2) is 0 Å². The number of anilines is 2. The monoisotopic (exact) mass is 295 g/mol. The number of carbonyl (C=O) groups excluding carboxylic acids is 1. The van der Waals surface area contributed by atoms with Crippen molar-refractivity contribution >= 4 is 28.2 Å². The number of aromatic nitrogens is 1. The number of amides is 1. The second-order valence-corrected chi connectivity index (χ2v) is 6.83. The lowest BCUT2D eigenvalue weighted by molar-refractivity contribution is 0.0793. The van der Waals surface area contributed by atoms with Crippen molar-refractivity contribution in [3.8, 4) is 0 Å². The van der Waals surface area contributed by atoms with Crippen LogP contribution in [0.5, 0.6) is 0 Å². The van der Waals surface area contributed by atoms with E-state index in [1.54, 1.807) is 0 Å². The number of carbonyl (C=O) groups is 1. The van der Waals surface area contributed by atoms with E-state index in [1.165, 1.54) is 11.3 Å². The van der Waals surface area contributed by atoms with Gasteiger partial charge >= 0.3 is 0 Å². The Kier molecular flexibility index (Phi) is 3.55. The predicted molar refractivity (Wildman–Crippen MR) is 81.0 cm³/mol. The fraction of sp³-hybridized carbons (Fsp3) is 0.692. The molecule has 2 aliphatic heterocycles. The highest BCUT2D eigenvalue weighted by Crippen LogP contribution is 2.32. The van der Waals surface area contributed by atoms with Gasteiger partial charge in [0.15, 0.2) is 5.13 Å². The second-order valence-electron chi connectivity index (χ2n) is 5.85. The maximum Gasteiger partial charge on any atom is 0.267 e. The van der Waals surface area contributed by atoms with Crippen LogP contribution in [-0.2, 0) is 0 Å². The Morgan fingerprint density at radius 1 is 1.35 bits per heavy atom. The van der Waals surface area contributed by atoms with Crippen LogP contribution in [0.1, 0.15) is 29.4 Å². The van der Waals surface area contributed by atoms with Crippen molar-refractivity contribution in [3.63, 3.8) is 0 Å². The van der Waals surface area contributed by atoms with E-state index in [0.717, 1.165) is 44.2 Å². The summed E-state index contributed by atoms with van der Waals surface area (Å²) in [5, 5.41) is 0.825. The molecule has 2 atom stereocenters. The zero-order chi connectivity index (χ0) is 14.3. The SMILES string of the molecule is CC1CCN(C(=O)c2sc(N3CCC(N)C3)nc2N)C1. The molecule has 6 nitrogen and oxygen atoms in total. The van der Waals surface area contributed by atoms with Crippen LogP contribution in [0.25, 0.3) is 0 Å². The Hall–Kier alpha value is -1.34. The number of nitrogens with zero attached hydrogens (tertiary/aromatic N) is 3. The molecule has 0 aromatic carbocycles. The van der Waals surface area contributed by atoms with Gasteiger partial charge in [0, 0.05) is 32.2 Å². The van der Waals surface area contributed by atoms with Crippen LogP contribution in [-0.4, -0.2) is 48.0 Å². The number of nitrogens with two attached hydrogens (primary N) is 2. The van der Waals surface area contributed by atoms with Gasteiger partial charge in [-0.1, -0.05) is 18.3 Å². The Labute approximate surface area is 122 Å². The Morgan fingerprint density at radius 2 is 2.15 bits per heavy atom. The molecule has 2 saturated heterocycles. The van der Waals surface area contributed by atoms with Crippen molar-refractivity contribution in [1.29, 1.82) is 0 Å². The van der Waals surface area contributed by atoms with E-state index < -0.39 is 0 Å². The molecule has 7 heteroatoms. The third-order valence-electron chi connectivity index (χ3n) is 4.04. The maximum atomic E-state index is 12.5. The molecular weight excluding hydrogens is 274 g/mol. The minimum atomic E-state index is 0.0269. The molecule has 1 aromatic rings. The summed E-state index contributed by atoms with van der Waals surface area (Å²) < 4.78 is 0. The minimum Gasteiger partial charge on any atom is -0.382 e. The maximum absolute atomic E-state index is 12.5. The summed E-state index contributed by atoms with van der Waals surface area (Å²) in [7, 11) is 0. The van der Waals surface area contributed by atoms with Crippen LogP contribution in [0.3, 0.4) is 0 Å². The highest BCUT2D eigenvalue weighted by Gasteiger charge is 2.29. The summed E-state index contributed by atoms with van der Waals surface area (Å²) >= 11 is 1.40. The molecule has 110 valence electrons. The van der Waals surface area contributed by atoms with Gasteiger partial charge in [0.25, 0.3) is 5.91 Å². The molecule has 2 fully saturated rings. The first-order valence-electron chi connectivity index (χ1n) is 7.10. The van der Waals surface area contributed by atoms with Gasteiger partial charge in [0.05, 0.1) is 0 Å². The molecule has 3 heterocycles. The summed E-state index contributed by atoms with van der Waals surface area (Å²) in [4.78, 5) is 21.4. The van der Waals surface area contributed by atoms with E-state index in [2.05, 4.69) is 16.8 Å². The number of hydrogen-bond acceptors (Lipinski definition) is 6. The summed E-state index contributed by atoms with van der Waals surface area (Å²) in [6.07, 6.45) is 2.03. The van der Waals surface area contributed by atoms with Gasteiger partial charge in [-0.15, -0.1) is 0 Å². The van der Waals surface area contributed by atoms with Crippen molar-refractivity contribution in [2.75, 3.05) is 36.8 Å². The first-order valence-corrected chi connectivity index (χ1v) is 7.92. The van der Waals surface area contributed by atoms with E-state index in [0.29, 0.717) is 16.6 Å². The normalized spacial score (nSPS) is 26.5. The molecule has 0 saturated carbocycles. The fourth-order valence-corrected chi connectivity index (χ4v) is 3.82. The van der Waals surface area contributed by atoms with Crippen molar-refractivity contribution in [1.82, 2.24) is 9.88 Å². The van der Waals surface area contributed by atoms with E-state index in [9.17, 15) is 4.79 Å². The van der Waals surface area contributed by atoms with Crippen LogP contribution in [0.4, 0.5) is 10.9 Å². The average Bonchev–Trinajstić information content (AvgIpc) is 3.09. The third kappa shape index (κ3) is 2.47. The van der Waals surface area contributed by atoms with Crippen molar-refractivity contribution in [3.05, 3.63) is 4.88 Å². The highest BCUT2D eigenvalue weighted by molar-refractivity contribution is 7.18. The van der Waals surface area contributed by atoms with Crippen molar-refractivity contribution in [2.24, 2.45) is 11.7 Å². The highest BCUT2D eigenvalue weighted by atomic mass is 32.1. The molecule has 4 N–H and O–H groups in total. The molecule has 0 bridgehead atoms. The van der Waals surface area contributed by atoms with Gasteiger partial charge in [-0.25, -0.2) is 4.98 Å². The second kappa shape index (κ2) is 5.21.